The first-order valence-electron chi connectivity index (χ1n) is 8.23. The molecule has 0 saturated carbocycles. The monoisotopic (exact) mass is 297 g/mol. The molecule has 3 aromatic carbocycles. The second kappa shape index (κ2) is 5.85. The van der Waals surface area contributed by atoms with Gasteiger partial charge in [-0.15, -0.1) is 0 Å². The predicted molar refractivity (Wildman–Crippen MR) is 98.7 cm³/mol. The first-order chi connectivity index (χ1) is 11.4. The van der Waals surface area contributed by atoms with Crippen LogP contribution >= 0.6 is 0 Å². The van der Waals surface area contributed by atoms with Crippen molar-refractivity contribution in [1.29, 1.82) is 0 Å². The molecule has 0 N–H and O–H groups in total. The second-order valence-electron chi connectivity index (χ2n) is 5.96. The van der Waals surface area contributed by atoms with E-state index in [0.29, 0.717) is 0 Å². The Labute approximate surface area is 136 Å². The molecule has 1 aromatic heterocycles. The highest BCUT2D eigenvalue weighted by Gasteiger charge is 2.11. The van der Waals surface area contributed by atoms with Crippen LogP contribution in [0.25, 0.3) is 32.9 Å². The lowest BCUT2D eigenvalue weighted by atomic mass is 9.92. The Bertz CT molecular complexity index is 971. The summed E-state index contributed by atoms with van der Waals surface area (Å²) in [6, 6.07) is 25.7. The summed E-state index contributed by atoms with van der Waals surface area (Å²) in [6.07, 6.45) is 2.24. The fraction of sp³-hybridized carbons (Fsp3) is 0.136. The van der Waals surface area contributed by atoms with Crippen LogP contribution in [0.3, 0.4) is 0 Å². The molecule has 0 bridgehead atoms. The second-order valence-corrected chi connectivity index (χ2v) is 5.96. The molecule has 4 aromatic rings. The van der Waals surface area contributed by atoms with Gasteiger partial charge in [-0.1, -0.05) is 67.9 Å². The van der Waals surface area contributed by atoms with Crippen molar-refractivity contribution < 1.29 is 0 Å². The number of hydrogen-bond donors (Lipinski definition) is 0. The van der Waals surface area contributed by atoms with Gasteiger partial charge in [-0.25, -0.2) is 4.98 Å². The van der Waals surface area contributed by atoms with Crippen molar-refractivity contribution in [1.82, 2.24) is 4.98 Å². The average Bonchev–Trinajstić information content (AvgIpc) is 2.61. The van der Waals surface area contributed by atoms with E-state index in [2.05, 4.69) is 73.7 Å². The van der Waals surface area contributed by atoms with Crippen molar-refractivity contribution in [2.45, 2.75) is 19.8 Å². The lowest BCUT2D eigenvalue weighted by molar-refractivity contribution is 0.925. The SMILES string of the molecule is CCCc1ccc2nc3ccccc3cc2c1-c1ccccc1. The number of para-hydroxylation sites is 1. The molecule has 0 aliphatic heterocycles. The van der Waals surface area contributed by atoms with E-state index < -0.39 is 0 Å². The van der Waals surface area contributed by atoms with Crippen molar-refractivity contribution in [3.63, 3.8) is 0 Å². The molecule has 0 amide bonds. The minimum atomic E-state index is 1.06. The van der Waals surface area contributed by atoms with E-state index in [0.717, 1.165) is 23.9 Å². The van der Waals surface area contributed by atoms with Gasteiger partial charge in [0.25, 0.3) is 0 Å². The van der Waals surface area contributed by atoms with Crippen LogP contribution in [0.4, 0.5) is 0 Å². The number of fused-ring (bicyclic) bond motifs is 2. The Hall–Kier alpha value is -2.67. The van der Waals surface area contributed by atoms with E-state index in [1.54, 1.807) is 0 Å². The molecule has 1 nitrogen and oxygen atoms in total. The molecule has 1 heteroatoms. The van der Waals surface area contributed by atoms with Crippen molar-refractivity contribution in [3.8, 4) is 11.1 Å². The van der Waals surface area contributed by atoms with E-state index in [4.69, 9.17) is 4.98 Å². The number of hydrogen-bond acceptors (Lipinski definition) is 1. The Morgan fingerprint density at radius 2 is 1.57 bits per heavy atom. The molecular formula is C22H19N. The molecule has 0 spiro atoms. The number of benzene rings is 3. The maximum Gasteiger partial charge on any atom is 0.0716 e. The maximum atomic E-state index is 4.87. The van der Waals surface area contributed by atoms with E-state index in [1.165, 1.54) is 27.5 Å². The van der Waals surface area contributed by atoms with Crippen molar-refractivity contribution >= 4 is 21.8 Å². The van der Waals surface area contributed by atoms with Crippen molar-refractivity contribution in [2.75, 3.05) is 0 Å². The Morgan fingerprint density at radius 1 is 0.783 bits per heavy atom. The number of rotatable bonds is 3. The van der Waals surface area contributed by atoms with Gasteiger partial charge < -0.3 is 0 Å². The zero-order chi connectivity index (χ0) is 15.6. The molecule has 0 aliphatic carbocycles. The molecule has 0 fully saturated rings. The van der Waals surface area contributed by atoms with Crippen LogP contribution in [0.2, 0.25) is 0 Å². The lowest BCUT2D eigenvalue weighted by Gasteiger charge is -2.13. The highest BCUT2D eigenvalue weighted by atomic mass is 14.7. The summed E-state index contributed by atoms with van der Waals surface area (Å²) in [5, 5.41) is 2.45. The zero-order valence-electron chi connectivity index (χ0n) is 13.3. The highest BCUT2D eigenvalue weighted by molar-refractivity contribution is 6.02. The average molecular weight is 297 g/mol. The summed E-state index contributed by atoms with van der Waals surface area (Å²) in [4.78, 5) is 4.87. The van der Waals surface area contributed by atoms with E-state index in [9.17, 15) is 0 Å². The van der Waals surface area contributed by atoms with E-state index in [1.807, 2.05) is 6.07 Å². The predicted octanol–water partition coefficient (Wildman–Crippen LogP) is 6.01. The fourth-order valence-electron chi connectivity index (χ4n) is 3.32. The van der Waals surface area contributed by atoms with Crippen molar-refractivity contribution in [2.24, 2.45) is 0 Å². The number of aryl methyl sites for hydroxylation is 1. The Balaban J connectivity index is 2.09. The summed E-state index contributed by atoms with van der Waals surface area (Å²) < 4.78 is 0. The summed E-state index contributed by atoms with van der Waals surface area (Å²) >= 11 is 0. The normalized spacial score (nSPS) is 11.2. The quantitative estimate of drug-likeness (QED) is 0.422. The summed E-state index contributed by atoms with van der Waals surface area (Å²) in [5.74, 6) is 0. The number of nitrogens with zero attached hydrogens (tertiary/aromatic N) is 1. The van der Waals surface area contributed by atoms with Gasteiger partial charge in [0.2, 0.25) is 0 Å². The minimum absolute atomic E-state index is 1.06. The zero-order valence-corrected chi connectivity index (χ0v) is 13.3. The molecule has 112 valence electrons. The summed E-state index contributed by atoms with van der Waals surface area (Å²) in [5.41, 5.74) is 6.15. The standard InChI is InChI=1S/C22H19N/c1-2-8-16-13-14-21-19(22(16)17-9-4-3-5-10-17)15-18-11-6-7-12-20(18)23-21/h3-7,9-15H,2,8H2,1H3. The summed E-state index contributed by atoms with van der Waals surface area (Å²) in [6.45, 7) is 2.23. The van der Waals surface area contributed by atoms with Crippen LogP contribution in [0.1, 0.15) is 18.9 Å². The van der Waals surface area contributed by atoms with Crippen LogP contribution in [0.5, 0.6) is 0 Å². The molecule has 0 unspecified atom stereocenters. The van der Waals surface area contributed by atoms with E-state index in [-0.39, 0.29) is 0 Å². The molecular weight excluding hydrogens is 278 g/mol. The topological polar surface area (TPSA) is 12.9 Å². The smallest absolute Gasteiger partial charge is 0.0716 e. The Kier molecular flexibility index (Phi) is 3.55. The molecule has 23 heavy (non-hydrogen) atoms. The number of pyridine rings is 1. The first kappa shape index (κ1) is 14.0. The molecule has 1 heterocycles. The van der Waals surface area contributed by atoms with Gasteiger partial charge >= 0.3 is 0 Å². The van der Waals surface area contributed by atoms with Gasteiger partial charge in [-0.05, 0) is 41.3 Å². The maximum absolute atomic E-state index is 4.87. The van der Waals surface area contributed by atoms with Crippen LogP contribution in [0.15, 0.2) is 72.8 Å². The molecule has 0 atom stereocenters. The van der Waals surface area contributed by atoms with Crippen LogP contribution < -0.4 is 0 Å². The number of aromatic nitrogens is 1. The van der Waals surface area contributed by atoms with Crippen LogP contribution in [0, 0.1) is 0 Å². The van der Waals surface area contributed by atoms with Gasteiger partial charge in [0.05, 0.1) is 11.0 Å². The third-order valence-corrected chi connectivity index (χ3v) is 4.37. The van der Waals surface area contributed by atoms with Gasteiger partial charge in [0.1, 0.15) is 0 Å². The largest absolute Gasteiger partial charge is 0.248 e. The van der Waals surface area contributed by atoms with Crippen LogP contribution in [-0.2, 0) is 6.42 Å². The molecule has 0 radical (unpaired) electrons. The minimum Gasteiger partial charge on any atom is -0.248 e. The van der Waals surface area contributed by atoms with Gasteiger partial charge in [0, 0.05) is 10.8 Å². The summed E-state index contributed by atoms with van der Waals surface area (Å²) in [7, 11) is 0. The fourth-order valence-corrected chi connectivity index (χ4v) is 3.32. The van der Waals surface area contributed by atoms with Gasteiger partial charge in [0.15, 0.2) is 0 Å². The van der Waals surface area contributed by atoms with Crippen molar-refractivity contribution in [3.05, 3.63) is 78.4 Å². The molecule has 4 rings (SSSR count). The van der Waals surface area contributed by atoms with Crippen LogP contribution in [-0.4, -0.2) is 4.98 Å². The molecule has 0 aliphatic rings. The highest BCUT2D eigenvalue weighted by Crippen LogP contribution is 2.34. The van der Waals surface area contributed by atoms with Gasteiger partial charge in [-0.2, -0.15) is 0 Å². The Morgan fingerprint density at radius 3 is 2.39 bits per heavy atom. The third kappa shape index (κ3) is 2.49. The first-order valence-corrected chi connectivity index (χ1v) is 8.23. The molecule has 0 saturated heterocycles. The van der Waals surface area contributed by atoms with Gasteiger partial charge in [-0.3, -0.25) is 0 Å². The van der Waals surface area contributed by atoms with E-state index >= 15 is 0 Å². The lowest BCUT2D eigenvalue weighted by Crippen LogP contribution is -1.93. The third-order valence-electron chi connectivity index (χ3n) is 4.37.